The van der Waals surface area contributed by atoms with Gasteiger partial charge in [-0.2, -0.15) is 10.2 Å². The summed E-state index contributed by atoms with van der Waals surface area (Å²) in [5.41, 5.74) is 3.64. The van der Waals surface area contributed by atoms with Gasteiger partial charge in [-0.3, -0.25) is 4.68 Å². The minimum atomic E-state index is 0.261. The van der Waals surface area contributed by atoms with Crippen molar-refractivity contribution in [3.05, 3.63) is 66.2 Å². The molecule has 0 aliphatic heterocycles. The summed E-state index contributed by atoms with van der Waals surface area (Å²) in [5, 5.41) is 12.3. The lowest BCUT2D eigenvalue weighted by Crippen LogP contribution is -2.22. The van der Waals surface area contributed by atoms with E-state index in [9.17, 15) is 0 Å². The molecule has 0 saturated heterocycles. The SMILES string of the molecule is CCn1cc(CCN[C@H](C)c2ccccc2-n2cccn2)cn1. The van der Waals surface area contributed by atoms with Gasteiger partial charge >= 0.3 is 0 Å². The van der Waals surface area contributed by atoms with E-state index < -0.39 is 0 Å². The molecule has 0 aliphatic carbocycles. The van der Waals surface area contributed by atoms with Crippen molar-refractivity contribution in [3.8, 4) is 5.69 Å². The first kappa shape index (κ1) is 15.5. The molecule has 0 saturated carbocycles. The third-order valence-corrected chi connectivity index (χ3v) is 4.03. The molecule has 3 rings (SSSR count). The number of nitrogens with one attached hydrogen (secondary N) is 1. The topological polar surface area (TPSA) is 47.7 Å². The highest BCUT2D eigenvalue weighted by atomic mass is 15.3. The van der Waals surface area contributed by atoms with Gasteiger partial charge in [-0.15, -0.1) is 0 Å². The zero-order chi connectivity index (χ0) is 16.1. The number of para-hydroxylation sites is 1. The number of hydrogen-bond acceptors (Lipinski definition) is 3. The van der Waals surface area contributed by atoms with E-state index in [0.29, 0.717) is 0 Å². The largest absolute Gasteiger partial charge is 0.310 e. The summed E-state index contributed by atoms with van der Waals surface area (Å²) >= 11 is 0. The zero-order valence-corrected chi connectivity index (χ0v) is 13.7. The number of hydrogen-bond donors (Lipinski definition) is 1. The Bertz CT molecular complexity index is 729. The van der Waals surface area contributed by atoms with Crippen LogP contribution < -0.4 is 5.32 Å². The maximum Gasteiger partial charge on any atom is 0.0693 e. The lowest BCUT2D eigenvalue weighted by Gasteiger charge is -2.18. The first-order chi connectivity index (χ1) is 11.3. The molecule has 3 aromatic rings. The fourth-order valence-corrected chi connectivity index (χ4v) is 2.73. The van der Waals surface area contributed by atoms with Crippen LogP contribution in [0.3, 0.4) is 0 Å². The molecule has 120 valence electrons. The van der Waals surface area contributed by atoms with Gasteiger partial charge in [0.2, 0.25) is 0 Å². The maximum absolute atomic E-state index is 4.35. The first-order valence-electron chi connectivity index (χ1n) is 8.11. The molecule has 5 nitrogen and oxygen atoms in total. The summed E-state index contributed by atoms with van der Waals surface area (Å²) in [7, 11) is 0. The standard InChI is InChI=1S/C18H23N5/c1-3-22-14-16(13-21-22)9-11-19-15(2)17-7-4-5-8-18(17)23-12-6-10-20-23/h4-8,10,12-15,19H,3,9,11H2,1-2H3/t15-/m1/s1. The van der Waals surface area contributed by atoms with E-state index in [2.05, 4.69) is 53.8 Å². The molecule has 0 radical (unpaired) electrons. The van der Waals surface area contributed by atoms with Crippen molar-refractivity contribution >= 4 is 0 Å². The van der Waals surface area contributed by atoms with Crippen LogP contribution in [0.25, 0.3) is 5.69 Å². The molecule has 5 heteroatoms. The molecule has 0 bridgehead atoms. The number of nitrogens with zero attached hydrogens (tertiary/aromatic N) is 4. The molecule has 23 heavy (non-hydrogen) atoms. The number of rotatable bonds is 7. The molecular weight excluding hydrogens is 286 g/mol. The monoisotopic (exact) mass is 309 g/mol. The third-order valence-electron chi connectivity index (χ3n) is 4.03. The molecule has 1 aromatic carbocycles. The van der Waals surface area contributed by atoms with E-state index in [1.165, 1.54) is 11.1 Å². The normalized spacial score (nSPS) is 12.4. The predicted molar refractivity (Wildman–Crippen MR) is 91.6 cm³/mol. The van der Waals surface area contributed by atoms with Crippen LogP contribution >= 0.6 is 0 Å². The van der Waals surface area contributed by atoms with Gasteiger partial charge in [0, 0.05) is 31.2 Å². The Balaban J connectivity index is 1.63. The van der Waals surface area contributed by atoms with Gasteiger partial charge in [0.1, 0.15) is 0 Å². The maximum atomic E-state index is 4.35. The number of benzene rings is 1. The van der Waals surface area contributed by atoms with Crippen LogP contribution in [0.4, 0.5) is 0 Å². The quantitative estimate of drug-likeness (QED) is 0.730. The lowest BCUT2D eigenvalue weighted by atomic mass is 10.1. The van der Waals surface area contributed by atoms with Crippen molar-refractivity contribution in [2.24, 2.45) is 0 Å². The minimum absolute atomic E-state index is 0.261. The smallest absolute Gasteiger partial charge is 0.0693 e. The van der Waals surface area contributed by atoms with Gasteiger partial charge in [0.25, 0.3) is 0 Å². The molecule has 0 unspecified atom stereocenters. The molecule has 2 heterocycles. The molecular formula is C18H23N5. The summed E-state index contributed by atoms with van der Waals surface area (Å²) in [5.74, 6) is 0. The van der Waals surface area contributed by atoms with Gasteiger partial charge < -0.3 is 5.32 Å². The molecule has 0 amide bonds. The van der Waals surface area contributed by atoms with Crippen LogP contribution in [0, 0.1) is 0 Å². The second kappa shape index (κ2) is 7.24. The van der Waals surface area contributed by atoms with Crippen molar-refractivity contribution in [3.63, 3.8) is 0 Å². The van der Waals surface area contributed by atoms with Gasteiger partial charge in [-0.05, 0) is 50.1 Å². The van der Waals surface area contributed by atoms with Crippen molar-refractivity contribution in [2.45, 2.75) is 32.9 Å². The van der Waals surface area contributed by atoms with E-state index >= 15 is 0 Å². The van der Waals surface area contributed by atoms with Gasteiger partial charge in [-0.1, -0.05) is 18.2 Å². The average molecular weight is 309 g/mol. The predicted octanol–water partition coefficient (Wildman–Crippen LogP) is 2.98. The van der Waals surface area contributed by atoms with E-state index in [4.69, 9.17) is 0 Å². The molecule has 1 N–H and O–H groups in total. The van der Waals surface area contributed by atoms with Crippen LogP contribution in [0.1, 0.15) is 31.0 Å². The molecule has 0 fully saturated rings. The van der Waals surface area contributed by atoms with E-state index in [1.54, 1.807) is 6.20 Å². The fourth-order valence-electron chi connectivity index (χ4n) is 2.73. The van der Waals surface area contributed by atoms with Crippen LogP contribution in [-0.4, -0.2) is 26.1 Å². The Morgan fingerprint density at radius 2 is 2.04 bits per heavy atom. The fraction of sp³-hybridized carbons (Fsp3) is 0.333. The van der Waals surface area contributed by atoms with E-state index in [1.807, 2.05) is 33.9 Å². The Hall–Kier alpha value is -2.40. The highest BCUT2D eigenvalue weighted by Gasteiger charge is 2.11. The number of aryl methyl sites for hydroxylation is 1. The Kier molecular flexibility index (Phi) is 4.88. The first-order valence-corrected chi connectivity index (χ1v) is 8.11. The van der Waals surface area contributed by atoms with Crippen LogP contribution in [0.5, 0.6) is 0 Å². The second-order valence-corrected chi connectivity index (χ2v) is 5.64. The Morgan fingerprint density at radius 3 is 2.78 bits per heavy atom. The van der Waals surface area contributed by atoms with Crippen molar-refractivity contribution in [1.29, 1.82) is 0 Å². The van der Waals surface area contributed by atoms with Crippen molar-refractivity contribution in [2.75, 3.05) is 6.54 Å². The van der Waals surface area contributed by atoms with Crippen molar-refractivity contribution in [1.82, 2.24) is 24.9 Å². The minimum Gasteiger partial charge on any atom is -0.310 e. The Labute approximate surface area is 136 Å². The molecule has 0 spiro atoms. The summed E-state index contributed by atoms with van der Waals surface area (Å²) < 4.78 is 3.88. The summed E-state index contributed by atoms with van der Waals surface area (Å²) in [6, 6.07) is 10.6. The third kappa shape index (κ3) is 3.68. The zero-order valence-electron chi connectivity index (χ0n) is 13.7. The number of aromatic nitrogens is 4. The van der Waals surface area contributed by atoms with Crippen molar-refractivity contribution < 1.29 is 0 Å². The lowest BCUT2D eigenvalue weighted by molar-refractivity contribution is 0.572. The van der Waals surface area contributed by atoms with Gasteiger partial charge in [-0.25, -0.2) is 4.68 Å². The average Bonchev–Trinajstić information content (AvgIpc) is 3.26. The van der Waals surface area contributed by atoms with Crippen LogP contribution in [-0.2, 0) is 13.0 Å². The molecule has 0 aliphatic rings. The summed E-state index contributed by atoms with van der Waals surface area (Å²) in [6.45, 7) is 6.13. The highest BCUT2D eigenvalue weighted by molar-refractivity contribution is 5.42. The van der Waals surface area contributed by atoms with Crippen LogP contribution in [0.2, 0.25) is 0 Å². The Morgan fingerprint density at radius 1 is 1.17 bits per heavy atom. The van der Waals surface area contributed by atoms with Gasteiger partial charge in [0.05, 0.1) is 11.9 Å². The second-order valence-electron chi connectivity index (χ2n) is 5.64. The molecule has 2 aromatic heterocycles. The van der Waals surface area contributed by atoms with E-state index in [-0.39, 0.29) is 6.04 Å². The summed E-state index contributed by atoms with van der Waals surface area (Å²) in [4.78, 5) is 0. The summed E-state index contributed by atoms with van der Waals surface area (Å²) in [6.07, 6.45) is 8.83. The highest BCUT2D eigenvalue weighted by Crippen LogP contribution is 2.20. The van der Waals surface area contributed by atoms with E-state index in [0.717, 1.165) is 25.2 Å². The molecule has 1 atom stereocenters. The van der Waals surface area contributed by atoms with Crippen LogP contribution in [0.15, 0.2) is 55.1 Å². The van der Waals surface area contributed by atoms with Gasteiger partial charge in [0.15, 0.2) is 0 Å².